The molecule has 0 aliphatic heterocycles. The number of aromatic amines is 1. The van der Waals surface area contributed by atoms with Crippen molar-refractivity contribution < 1.29 is 0 Å². The number of aromatic nitrogens is 2. The number of rotatable bonds is 1. The number of hydrogen-bond acceptors (Lipinski definition) is 2. The van der Waals surface area contributed by atoms with Crippen molar-refractivity contribution in [1.82, 2.24) is 10.2 Å². The summed E-state index contributed by atoms with van der Waals surface area (Å²) < 4.78 is 0. The molecule has 0 aliphatic carbocycles. The largest absolute Gasteiger partial charge is 0.278 e. The first-order chi connectivity index (χ1) is 6.81. The van der Waals surface area contributed by atoms with Gasteiger partial charge in [-0.15, -0.1) is 0 Å². The Labute approximate surface area is 82.0 Å². The Bertz CT molecular complexity index is 478. The molecule has 3 heteroatoms. The second kappa shape index (κ2) is 3.35. The third-order valence-corrected chi connectivity index (χ3v) is 2.09. The lowest BCUT2D eigenvalue weighted by Crippen LogP contribution is -1.86. The number of H-pyrrole nitrogens is 1. The monoisotopic (exact) mass is 183 g/mol. The molecule has 2 aromatic rings. The predicted molar refractivity (Wildman–Crippen MR) is 53.5 cm³/mol. The molecule has 0 unspecified atom stereocenters. The van der Waals surface area contributed by atoms with Crippen LogP contribution in [0.2, 0.25) is 0 Å². The van der Waals surface area contributed by atoms with Crippen molar-refractivity contribution in [3.63, 3.8) is 0 Å². The molecule has 0 atom stereocenters. The molecule has 0 saturated carbocycles. The zero-order valence-electron chi connectivity index (χ0n) is 7.78. The molecule has 68 valence electrons. The highest BCUT2D eigenvalue weighted by Gasteiger charge is 2.05. The molecule has 1 aromatic heterocycles. The standard InChI is InChI=1S/C11H9N3/c1-8-2-3-9(7-12)10(6-8)11-4-5-13-14-11/h2-6H,1H3,(H,13,14). The fraction of sp³-hybridized carbons (Fsp3) is 0.0909. The van der Waals surface area contributed by atoms with Gasteiger partial charge >= 0.3 is 0 Å². The topological polar surface area (TPSA) is 52.5 Å². The van der Waals surface area contributed by atoms with Crippen molar-refractivity contribution in [3.8, 4) is 17.3 Å². The number of nitriles is 1. The van der Waals surface area contributed by atoms with Crippen LogP contribution in [0.15, 0.2) is 30.5 Å². The normalized spacial score (nSPS) is 9.71. The molecule has 1 aromatic carbocycles. The average molecular weight is 183 g/mol. The van der Waals surface area contributed by atoms with E-state index in [1.807, 2.05) is 31.2 Å². The van der Waals surface area contributed by atoms with E-state index in [2.05, 4.69) is 16.3 Å². The fourth-order valence-electron chi connectivity index (χ4n) is 1.38. The summed E-state index contributed by atoms with van der Waals surface area (Å²) in [5.41, 5.74) is 3.59. The molecule has 0 amide bonds. The van der Waals surface area contributed by atoms with Crippen molar-refractivity contribution in [2.75, 3.05) is 0 Å². The van der Waals surface area contributed by atoms with Gasteiger partial charge in [0.1, 0.15) is 0 Å². The number of aryl methyl sites for hydroxylation is 1. The van der Waals surface area contributed by atoms with Crippen molar-refractivity contribution >= 4 is 0 Å². The Morgan fingerprint density at radius 1 is 1.36 bits per heavy atom. The van der Waals surface area contributed by atoms with Gasteiger partial charge in [0.25, 0.3) is 0 Å². The minimum absolute atomic E-state index is 0.667. The van der Waals surface area contributed by atoms with Crippen molar-refractivity contribution in [2.45, 2.75) is 6.92 Å². The minimum Gasteiger partial charge on any atom is -0.278 e. The van der Waals surface area contributed by atoms with Crippen molar-refractivity contribution in [1.29, 1.82) is 5.26 Å². The van der Waals surface area contributed by atoms with Crippen LogP contribution in [0.25, 0.3) is 11.3 Å². The average Bonchev–Trinajstić information content (AvgIpc) is 2.70. The highest BCUT2D eigenvalue weighted by atomic mass is 15.1. The summed E-state index contributed by atoms with van der Waals surface area (Å²) in [6, 6.07) is 9.75. The Hall–Kier alpha value is -2.08. The van der Waals surface area contributed by atoms with Crippen LogP contribution < -0.4 is 0 Å². The quantitative estimate of drug-likeness (QED) is 0.737. The Morgan fingerprint density at radius 2 is 2.21 bits per heavy atom. The zero-order chi connectivity index (χ0) is 9.97. The Morgan fingerprint density at radius 3 is 2.86 bits per heavy atom. The summed E-state index contributed by atoms with van der Waals surface area (Å²) in [5, 5.41) is 15.6. The molecule has 0 spiro atoms. The second-order valence-corrected chi connectivity index (χ2v) is 3.13. The second-order valence-electron chi connectivity index (χ2n) is 3.13. The molecule has 1 N–H and O–H groups in total. The molecule has 1 heterocycles. The highest BCUT2D eigenvalue weighted by molar-refractivity contribution is 5.67. The maximum Gasteiger partial charge on any atom is 0.0998 e. The van der Waals surface area contributed by atoms with Crippen molar-refractivity contribution in [3.05, 3.63) is 41.6 Å². The van der Waals surface area contributed by atoms with Gasteiger partial charge in [-0.05, 0) is 25.1 Å². The molecule has 0 radical (unpaired) electrons. The maximum absolute atomic E-state index is 8.92. The first kappa shape index (κ1) is 8.52. The van der Waals surface area contributed by atoms with E-state index in [0.29, 0.717) is 5.56 Å². The molecule has 0 bridgehead atoms. The predicted octanol–water partition coefficient (Wildman–Crippen LogP) is 2.26. The molecular formula is C11H9N3. The molecular weight excluding hydrogens is 174 g/mol. The summed E-state index contributed by atoms with van der Waals surface area (Å²) in [6.45, 7) is 2.00. The summed E-state index contributed by atoms with van der Waals surface area (Å²) >= 11 is 0. The van der Waals surface area contributed by atoms with Gasteiger partial charge in [0.15, 0.2) is 0 Å². The lowest BCUT2D eigenvalue weighted by Gasteiger charge is -2.01. The van der Waals surface area contributed by atoms with E-state index in [1.54, 1.807) is 6.20 Å². The first-order valence-corrected chi connectivity index (χ1v) is 4.32. The van der Waals surface area contributed by atoms with Crippen LogP contribution in [0.5, 0.6) is 0 Å². The molecule has 0 aliphatic rings. The lowest BCUT2D eigenvalue weighted by atomic mass is 10.0. The minimum atomic E-state index is 0.667. The SMILES string of the molecule is Cc1ccc(C#N)c(-c2ccn[nH]2)c1. The zero-order valence-corrected chi connectivity index (χ0v) is 7.78. The van der Waals surface area contributed by atoms with E-state index < -0.39 is 0 Å². The molecule has 3 nitrogen and oxygen atoms in total. The van der Waals surface area contributed by atoms with Gasteiger partial charge in [0.2, 0.25) is 0 Å². The van der Waals surface area contributed by atoms with Crippen molar-refractivity contribution in [2.24, 2.45) is 0 Å². The van der Waals surface area contributed by atoms with E-state index in [4.69, 9.17) is 5.26 Å². The van der Waals surface area contributed by atoms with Crippen LogP contribution >= 0.6 is 0 Å². The third kappa shape index (κ3) is 1.38. The van der Waals surface area contributed by atoms with Gasteiger partial charge < -0.3 is 0 Å². The maximum atomic E-state index is 8.92. The first-order valence-electron chi connectivity index (χ1n) is 4.32. The summed E-state index contributed by atoms with van der Waals surface area (Å²) in [4.78, 5) is 0. The van der Waals surface area contributed by atoms with E-state index in [1.165, 1.54) is 0 Å². The van der Waals surface area contributed by atoms with Gasteiger partial charge in [-0.3, -0.25) is 5.10 Å². The van der Waals surface area contributed by atoms with E-state index in [0.717, 1.165) is 16.8 Å². The van der Waals surface area contributed by atoms with Crippen LogP contribution in [0, 0.1) is 18.3 Å². The number of nitrogens with zero attached hydrogens (tertiary/aromatic N) is 2. The van der Waals surface area contributed by atoms with Gasteiger partial charge in [-0.25, -0.2) is 0 Å². The number of nitrogens with one attached hydrogen (secondary N) is 1. The van der Waals surface area contributed by atoms with Gasteiger partial charge in [0.05, 0.1) is 17.3 Å². The van der Waals surface area contributed by atoms with Gasteiger partial charge in [-0.2, -0.15) is 10.4 Å². The molecule has 2 rings (SSSR count). The van der Waals surface area contributed by atoms with Crippen LogP contribution in [-0.4, -0.2) is 10.2 Å². The van der Waals surface area contributed by atoms with Gasteiger partial charge in [0, 0.05) is 11.8 Å². The summed E-state index contributed by atoms with van der Waals surface area (Å²) in [7, 11) is 0. The van der Waals surface area contributed by atoms with E-state index in [9.17, 15) is 0 Å². The van der Waals surface area contributed by atoms with Crippen LogP contribution in [0.3, 0.4) is 0 Å². The third-order valence-electron chi connectivity index (χ3n) is 2.09. The summed E-state index contributed by atoms with van der Waals surface area (Å²) in [5.74, 6) is 0. The molecule has 0 fully saturated rings. The Balaban J connectivity index is 2.63. The summed E-state index contributed by atoms with van der Waals surface area (Å²) in [6.07, 6.45) is 1.68. The molecule has 0 saturated heterocycles. The van der Waals surface area contributed by atoms with E-state index in [-0.39, 0.29) is 0 Å². The van der Waals surface area contributed by atoms with E-state index >= 15 is 0 Å². The number of benzene rings is 1. The van der Waals surface area contributed by atoms with Gasteiger partial charge in [-0.1, -0.05) is 11.6 Å². The molecule has 14 heavy (non-hydrogen) atoms. The number of hydrogen-bond donors (Lipinski definition) is 1. The Kier molecular flexibility index (Phi) is 2.04. The smallest absolute Gasteiger partial charge is 0.0998 e. The highest BCUT2D eigenvalue weighted by Crippen LogP contribution is 2.21. The van der Waals surface area contributed by atoms with Crippen LogP contribution in [-0.2, 0) is 0 Å². The van der Waals surface area contributed by atoms with Crippen LogP contribution in [0.4, 0.5) is 0 Å². The fourth-order valence-corrected chi connectivity index (χ4v) is 1.38. The van der Waals surface area contributed by atoms with Crippen LogP contribution in [0.1, 0.15) is 11.1 Å². The lowest BCUT2D eigenvalue weighted by molar-refractivity contribution is 1.09.